The number of fused-ring (bicyclic) bond motifs is 3. The second kappa shape index (κ2) is 5.29. The van der Waals surface area contributed by atoms with Gasteiger partial charge in [0.2, 0.25) is 0 Å². The molecular weight excluding hydrogens is 386 g/mol. The van der Waals surface area contributed by atoms with Gasteiger partial charge >= 0.3 is 0 Å². The van der Waals surface area contributed by atoms with E-state index in [0.717, 1.165) is 31.9 Å². The van der Waals surface area contributed by atoms with Crippen LogP contribution in [0.15, 0.2) is 30.8 Å². The first-order valence-corrected chi connectivity index (χ1v) is 9.07. The molecule has 0 spiro atoms. The van der Waals surface area contributed by atoms with Gasteiger partial charge in [0, 0.05) is 22.9 Å². The van der Waals surface area contributed by atoms with Crippen LogP contribution in [0, 0.1) is 6.92 Å². The van der Waals surface area contributed by atoms with Crippen LogP contribution in [-0.2, 0) is 5.75 Å². The normalized spacial score (nSPS) is 12.8. The van der Waals surface area contributed by atoms with Gasteiger partial charge in [-0.15, -0.1) is 23.1 Å². The molecule has 0 saturated heterocycles. The molecule has 0 aromatic carbocycles. The van der Waals surface area contributed by atoms with Gasteiger partial charge in [0.15, 0.2) is 5.88 Å². The average Bonchev–Trinajstić information content (AvgIpc) is 3.15. The van der Waals surface area contributed by atoms with Gasteiger partial charge in [-0.3, -0.25) is 15.2 Å². The van der Waals surface area contributed by atoms with Gasteiger partial charge in [-0.2, -0.15) is 5.10 Å². The minimum absolute atomic E-state index is 0.235. The number of hydrogen-bond donors (Lipinski definition) is 2. The summed E-state index contributed by atoms with van der Waals surface area (Å²) in [6.45, 7) is 1.91. The van der Waals surface area contributed by atoms with Crippen LogP contribution in [0.2, 0.25) is 0 Å². The highest BCUT2D eigenvalue weighted by Crippen LogP contribution is 2.47. The van der Waals surface area contributed by atoms with Crippen LogP contribution < -0.4 is 5.32 Å². The highest BCUT2D eigenvalue weighted by Gasteiger charge is 2.27. The molecule has 22 heavy (non-hydrogen) atoms. The summed E-state index contributed by atoms with van der Waals surface area (Å²) in [6.07, 6.45) is 1.60. The van der Waals surface area contributed by atoms with Gasteiger partial charge in [-0.25, -0.2) is 0 Å². The van der Waals surface area contributed by atoms with Crippen molar-refractivity contribution in [1.82, 2.24) is 10.2 Å². The lowest BCUT2D eigenvalue weighted by Gasteiger charge is -2.11. The van der Waals surface area contributed by atoms with Gasteiger partial charge in [-0.1, -0.05) is 0 Å². The molecule has 4 heterocycles. The van der Waals surface area contributed by atoms with Crippen molar-refractivity contribution >= 4 is 50.8 Å². The number of aryl methyl sites for hydroxylation is 1. The zero-order valence-electron chi connectivity index (χ0n) is 11.4. The summed E-state index contributed by atoms with van der Waals surface area (Å²) < 4.78 is 7.55. The fourth-order valence-corrected chi connectivity index (χ4v) is 5.55. The summed E-state index contributed by atoms with van der Waals surface area (Å²) in [7, 11) is 0. The van der Waals surface area contributed by atoms with Crippen molar-refractivity contribution in [2.75, 3.05) is 5.32 Å². The lowest BCUT2D eigenvalue weighted by atomic mass is 10.1. The molecular formula is C14H10BrN3O2S2. The van der Waals surface area contributed by atoms with Gasteiger partial charge in [0.25, 0.3) is 5.91 Å². The van der Waals surface area contributed by atoms with Crippen LogP contribution >= 0.6 is 39.0 Å². The molecule has 0 radical (unpaired) electrons. The Morgan fingerprint density at radius 3 is 3.14 bits per heavy atom. The number of halogens is 1. The smallest absolute Gasteiger partial charge is 0.276 e. The Hall–Kier alpha value is -1.51. The van der Waals surface area contributed by atoms with E-state index in [4.69, 9.17) is 4.42 Å². The minimum atomic E-state index is -0.235. The number of nitrogens with zero attached hydrogens (tertiary/aromatic N) is 1. The average molecular weight is 396 g/mol. The molecule has 1 aliphatic rings. The van der Waals surface area contributed by atoms with Crippen LogP contribution in [0.1, 0.15) is 21.6 Å². The largest absolute Gasteiger partial charge is 0.448 e. The number of rotatable bonds is 2. The van der Waals surface area contributed by atoms with Gasteiger partial charge in [-0.05, 0) is 34.5 Å². The Labute approximate surface area is 142 Å². The van der Waals surface area contributed by atoms with Crippen LogP contribution in [0.3, 0.4) is 0 Å². The summed E-state index contributed by atoms with van der Waals surface area (Å²) in [4.78, 5) is 12.4. The Morgan fingerprint density at radius 1 is 1.50 bits per heavy atom. The number of carbonyl (C=O) groups excluding carboxylic acids is 1. The number of nitrogens with one attached hydrogen (secondary N) is 2. The van der Waals surface area contributed by atoms with Gasteiger partial charge in [0.1, 0.15) is 5.69 Å². The van der Waals surface area contributed by atoms with Gasteiger partial charge < -0.3 is 4.42 Å². The minimum Gasteiger partial charge on any atom is -0.448 e. The lowest BCUT2D eigenvalue weighted by molar-refractivity contribution is 0.101. The molecule has 0 bridgehead atoms. The highest BCUT2D eigenvalue weighted by atomic mass is 79.9. The monoisotopic (exact) mass is 395 g/mol. The maximum Gasteiger partial charge on any atom is 0.276 e. The Kier molecular flexibility index (Phi) is 3.39. The Bertz CT molecular complexity index is 881. The molecule has 0 unspecified atom stereocenters. The third-order valence-electron chi connectivity index (χ3n) is 3.33. The first-order valence-electron chi connectivity index (χ1n) is 6.48. The standard InChI is InChI=1S/C14H10BrN3O2S2/c1-6-2-10(20-4-6)16-13(19)12-8-5-21-14-7(3-9(15)22-14)11(8)17-18-12/h2-4H,5H2,1H3,(H,16,19)(H,17,18). The molecule has 3 aromatic heterocycles. The quantitative estimate of drug-likeness (QED) is 0.661. The molecule has 1 aliphatic heterocycles. The van der Waals surface area contributed by atoms with Crippen molar-refractivity contribution in [2.24, 2.45) is 0 Å². The Balaban J connectivity index is 1.68. The van der Waals surface area contributed by atoms with Crippen LogP contribution in [-0.4, -0.2) is 16.1 Å². The number of furan rings is 1. The second-order valence-electron chi connectivity index (χ2n) is 4.91. The van der Waals surface area contributed by atoms with E-state index in [-0.39, 0.29) is 5.91 Å². The third-order valence-corrected chi connectivity index (χ3v) is 6.28. The van der Waals surface area contributed by atoms with Crippen molar-refractivity contribution in [3.05, 3.63) is 39.0 Å². The van der Waals surface area contributed by atoms with Gasteiger partial charge in [0.05, 0.1) is 20.0 Å². The fourth-order valence-electron chi connectivity index (χ4n) is 2.34. The highest BCUT2D eigenvalue weighted by molar-refractivity contribution is 9.11. The zero-order chi connectivity index (χ0) is 15.3. The molecule has 0 saturated carbocycles. The van der Waals surface area contributed by atoms with E-state index in [0.29, 0.717) is 11.6 Å². The molecule has 112 valence electrons. The maximum atomic E-state index is 12.4. The number of aromatic nitrogens is 2. The van der Waals surface area contributed by atoms with E-state index < -0.39 is 0 Å². The van der Waals surface area contributed by atoms with Crippen molar-refractivity contribution in [2.45, 2.75) is 16.9 Å². The number of H-pyrrole nitrogens is 1. The number of thioether (sulfide) groups is 1. The summed E-state index contributed by atoms with van der Waals surface area (Å²) >= 11 is 6.91. The van der Waals surface area contributed by atoms with Crippen LogP contribution in [0.25, 0.3) is 11.3 Å². The first kappa shape index (κ1) is 14.1. The molecule has 0 fully saturated rings. The van der Waals surface area contributed by atoms with Crippen molar-refractivity contribution < 1.29 is 9.21 Å². The SMILES string of the molecule is Cc1coc(NC(=O)c2[nH]nc3c2CSc2sc(Br)cc2-3)c1. The van der Waals surface area contributed by atoms with Crippen molar-refractivity contribution in [3.63, 3.8) is 0 Å². The Morgan fingerprint density at radius 2 is 2.36 bits per heavy atom. The molecule has 2 N–H and O–H groups in total. The topological polar surface area (TPSA) is 70.9 Å². The van der Waals surface area contributed by atoms with E-state index in [9.17, 15) is 4.79 Å². The number of amides is 1. The predicted octanol–water partition coefficient (Wildman–Crippen LogP) is 4.66. The number of anilines is 1. The third kappa shape index (κ3) is 2.31. The summed E-state index contributed by atoms with van der Waals surface area (Å²) in [6, 6.07) is 3.83. The van der Waals surface area contributed by atoms with E-state index in [1.165, 1.54) is 4.21 Å². The number of carbonyl (C=O) groups is 1. The van der Waals surface area contributed by atoms with E-state index >= 15 is 0 Å². The van der Waals surface area contributed by atoms with E-state index in [2.05, 4.69) is 31.4 Å². The molecule has 4 rings (SSSR count). The van der Waals surface area contributed by atoms with E-state index in [1.54, 1.807) is 35.4 Å². The second-order valence-corrected chi connectivity index (χ2v) is 8.58. The summed E-state index contributed by atoms with van der Waals surface area (Å²) in [5, 5.41) is 9.95. The van der Waals surface area contributed by atoms with Crippen molar-refractivity contribution in [3.8, 4) is 11.3 Å². The number of hydrogen-bond acceptors (Lipinski definition) is 5. The molecule has 0 atom stereocenters. The summed E-state index contributed by atoms with van der Waals surface area (Å²) in [5.41, 5.74) is 4.32. The number of aromatic amines is 1. The number of thiophene rings is 1. The molecule has 1 amide bonds. The predicted molar refractivity (Wildman–Crippen MR) is 90.6 cm³/mol. The molecule has 8 heteroatoms. The van der Waals surface area contributed by atoms with Crippen LogP contribution in [0.4, 0.5) is 5.88 Å². The molecule has 5 nitrogen and oxygen atoms in total. The maximum absolute atomic E-state index is 12.4. The zero-order valence-corrected chi connectivity index (χ0v) is 14.6. The lowest BCUT2D eigenvalue weighted by Crippen LogP contribution is -2.14. The van der Waals surface area contributed by atoms with Crippen molar-refractivity contribution in [1.29, 1.82) is 0 Å². The van der Waals surface area contributed by atoms with E-state index in [1.807, 2.05) is 13.0 Å². The molecule has 3 aromatic rings. The molecule has 0 aliphatic carbocycles. The van der Waals surface area contributed by atoms with Crippen LogP contribution in [0.5, 0.6) is 0 Å². The fraction of sp³-hybridized carbons (Fsp3) is 0.143. The summed E-state index contributed by atoms with van der Waals surface area (Å²) in [5.74, 6) is 0.931. The first-order chi connectivity index (χ1) is 10.6.